The second-order valence-corrected chi connectivity index (χ2v) is 4.32. The molecule has 1 N–H and O–H groups in total. The van der Waals surface area contributed by atoms with Gasteiger partial charge in [-0.15, -0.1) is 12.3 Å². The molecule has 0 radical (unpaired) electrons. The van der Waals surface area contributed by atoms with E-state index in [2.05, 4.69) is 30.2 Å². The highest BCUT2D eigenvalue weighted by Gasteiger charge is 2.10. The van der Waals surface area contributed by atoms with Crippen molar-refractivity contribution in [3.05, 3.63) is 17.0 Å². The Morgan fingerprint density at radius 2 is 2.17 bits per heavy atom. The lowest BCUT2D eigenvalue weighted by molar-refractivity contribution is 0.199. The number of terminal acetylenes is 1. The first-order valence-electron chi connectivity index (χ1n) is 6.36. The van der Waals surface area contributed by atoms with E-state index in [1.54, 1.807) is 7.11 Å². The molecule has 1 rings (SSSR count). The number of hydrogen-bond donors (Lipinski definition) is 1. The topological polar surface area (TPSA) is 39.1 Å². The molecule has 0 saturated carbocycles. The highest BCUT2D eigenvalue weighted by molar-refractivity contribution is 5.24. The molecule has 1 aromatic rings. The van der Waals surface area contributed by atoms with Crippen molar-refractivity contribution >= 4 is 0 Å². The first kappa shape index (κ1) is 14.7. The molecule has 0 fully saturated rings. The summed E-state index contributed by atoms with van der Waals surface area (Å²) in [6.07, 6.45) is 7.01. The van der Waals surface area contributed by atoms with Crippen LogP contribution in [0.15, 0.2) is 0 Å². The summed E-state index contributed by atoms with van der Waals surface area (Å²) in [6, 6.07) is 0. The van der Waals surface area contributed by atoms with Gasteiger partial charge < -0.3 is 10.1 Å². The molecule has 4 heteroatoms. The molecule has 1 heterocycles. The minimum Gasteiger partial charge on any atom is -0.383 e. The number of nitrogens with one attached hydrogen (secondary N) is 1. The Bertz CT molecular complexity index is 404. The van der Waals surface area contributed by atoms with Crippen LogP contribution in [0.1, 0.15) is 23.4 Å². The molecule has 0 aliphatic rings. The van der Waals surface area contributed by atoms with E-state index in [1.807, 2.05) is 4.68 Å². The molecule has 0 saturated heterocycles. The van der Waals surface area contributed by atoms with Gasteiger partial charge in [-0.25, -0.2) is 0 Å². The van der Waals surface area contributed by atoms with Crippen LogP contribution in [0.25, 0.3) is 0 Å². The minimum atomic E-state index is 0.730. The van der Waals surface area contributed by atoms with E-state index >= 15 is 0 Å². The molecule has 0 spiro atoms. The number of ether oxygens (including phenoxy) is 1. The van der Waals surface area contributed by atoms with Crippen molar-refractivity contribution in [1.29, 1.82) is 0 Å². The van der Waals surface area contributed by atoms with Crippen LogP contribution < -0.4 is 5.32 Å². The largest absolute Gasteiger partial charge is 0.383 e. The van der Waals surface area contributed by atoms with Crippen molar-refractivity contribution in [3.63, 3.8) is 0 Å². The van der Waals surface area contributed by atoms with E-state index in [0.717, 1.165) is 44.8 Å². The normalized spacial score (nSPS) is 10.6. The predicted molar refractivity (Wildman–Crippen MR) is 73.6 cm³/mol. The Labute approximate surface area is 110 Å². The summed E-state index contributed by atoms with van der Waals surface area (Å²) < 4.78 is 7.01. The van der Waals surface area contributed by atoms with Gasteiger partial charge >= 0.3 is 0 Å². The maximum atomic E-state index is 5.29. The summed E-state index contributed by atoms with van der Waals surface area (Å²) in [4.78, 5) is 0. The number of aromatic nitrogens is 2. The van der Waals surface area contributed by atoms with Gasteiger partial charge in [0.15, 0.2) is 0 Å². The van der Waals surface area contributed by atoms with Crippen LogP contribution in [0.2, 0.25) is 0 Å². The van der Waals surface area contributed by atoms with Crippen LogP contribution in [-0.2, 0) is 17.7 Å². The second-order valence-electron chi connectivity index (χ2n) is 4.32. The van der Waals surface area contributed by atoms with Crippen LogP contribution >= 0.6 is 0 Å². The molecular weight excluding hydrogens is 226 g/mol. The van der Waals surface area contributed by atoms with Gasteiger partial charge in [-0.1, -0.05) is 0 Å². The fourth-order valence-electron chi connectivity index (χ4n) is 2.00. The molecule has 0 aliphatic carbocycles. The SMILES string of the molecule is C#CCCn1nc(C)c(CCNCCOC)c1C. The maximum absolute atomic E-state index is 5.29. The van der Waals surface area contributed by atoms with Crippen molar-refractivity contribution in [3.8, 4) is 12.3 Å². The highest BCUT2D eigenvalue weighted by Crippen LogP contribution is 2.13. The lowest BCUT2D eigenvalue weighted by atomic mass is 10.1. The minimum absolute atomic E-state index is 0.730. The molecule has 0 atom stereocenters. The number of rotatable bonds is 8. The number of methoxy groups -OCH3 is 1. The third-order valence-corrected chi connectivity index (χ3v) is 3.03. The van der Waals surface area contributed by atoms with Crippen LogP contribution in [0.4, 0.5) is 0 Å². The van der Waals surface area contributed by atoms with Crippen molar-refractivity contribution in [2.45, 2.75) is 33.2 Å². The molecule has 0 unspecified atom stereocenters. The van der Waals surface area contributed by atoms with Crippen LogP contribution in [0.3, 0.4) is 0 Å². The van der Waals surface area contributed by atoms with Crippen molar-refractivity contribution in [1.82, 2.24) is 15.1 Å². The third-order valence-electron chi connectivity index (χ3n) is 3.03. The molecular formula is C14H23N3O. The Balaban J connectivity index is 2.50. The first-order valence-corrected chi connectivity index (χ1v) is 6.36. The van der Waals surface area contributed by atoms with E-state index < -0.39 is 0 Å². The summed E-state index contributed by atoms with van der Waals surface area (Å²) >= 11 is 0. The first-order chi connectivity index (χ1) is 8.70. The van der Waals surface area contributed by atoms with Gasteiger partial charge in [0.2, 0.25) is 0 Å². The van der Waals surface area contributed by atoms with Gasteiger partial charge in [0.1, 0.15) is 0 Å². The van der Waals surface area contributed by atoms with Gasteiger partial charge in [-0.05, 0) is 32.4 Å². The molecule has 0 aliphatic heterocycles. The zero-order valence-corrected chi connectivity index (χ0v) is 11.6. The molecule has 0 aromatic carbocycles. The Kier molecular flexibility index (Phi) is 6.48. The average molecular weight is 249 g/mol. The monoisotopic (exact) mass is 249 g/mol. The van der Waals surface area contributed by atoms with Gasteiger partial charge in [0.25, 0.3) is 0 Å². The standard InChI is InChI=1S/C14H23N3O/c1-5-6-10-17-13(3)14(12(2)16-17)7-8-15-9-11-18-4/h1,15H,6-11H2,2-4H3. The van der Waals surface area contributed by atoms with Gasteiger partial charge in [-0.2, -0.15) is 5.10 Å². The van der Waals surface area contributed by atoms with Crippen molar-refractivity contribution in [2.24, 2.45) is 0 Å². The molecule has 18 heavy (non-hydrogen) atoms. The Hall–Kier alpha value is -1.31. The molecule has 4 nitrogen and oxygen atoms in total. The quantitative estimate of drug-likeness (QED) is 0.557. The zero-order valence-electron chi connectivity index (χ0n) is 11.6. The highest BCUT2D eigenvalue weighted by atomic mass is 16.5. The van der Waals surface area contributed by atoms with Gasteiger partial charge in [-0.3, -0.25) is 4.68 Å². The zero-order chi connectivity index (χ0) is 13.4. The molecule has 0 amide bonds. The summed E-state index contributed by atoms with van der Waals surface area (Å²) in [7, 11) is 1.71. The number of nitrogens with zero attached hydrogens (tertiary/aromatic N) is 2. The molecule has 100 valence electrons. The maximum Gasteiger partial charge on any atom is 0.0628 e. The van der Waals surface area contributed by atoms with E-state index in [-0.39, 0.29) is 0 Å². The number of aryl methyl sites for hydroxylation is 2. The van der Waals surface area contributed by atoms with Crippen molar-refractivity contribution < 1.29 is 4.74 Å². The van der Waals surface area contributed by atoms with E-state index in [4.69, 9.17) is 11.2 Å². The third kappa shape index (κ3) is 4.17. The lowest BCUT2D eigenvalue weighted by Crippen LogP contribution is -2.22. The van der Waals surface area contributed by atoms with Crippen molar-refractivity contribution in [2.75, 3.05) is 26.8 Å². The van der Waals surface area contributed by atoms with Gasteiger partial charge in [0.05, 0.1) is 18.8 Å². The average Bonchev–Trinajstić information content (AvgIpc) is 2.63. The van der Waals surface area contributed by atoms with E-state index in [9.17, 15) is 0 Å². The summed E-state index contributed by atoms with van der Waals surface area (Å²) in [5, 5.41) is 7.88. The van der Waals surface area contributed by atoms with Gasteiger partial charge in [0, 0.05) is 25.8 Å². The Morgan fingerprint density at radius 3 is 2.83 bits per heavy atom. The molecule has 1 aromatic heterocycles. The number of hydrogen-bond acceptors (Lipinski definition) is 3. The fourth-order valence-corrected chi connectivity index (χ4v) is 2.00. The van der Waals surface area contributed by atoms with Crippen LogP contribution in [0.5, 0.6) is 0 Å². The van der Waals surface area contributed by atoms with E-state index in [1.165, 1.54) is 11.3 Å². The summed E-state index contributed by atoms with van der Waals surface area (Å²) in [5.74, 6) is 2.65. The summed E-state index contributed by atoms with van der Waals surface area (Å²) in [5.41, 5.74) is 3.67. The molecule has 0 bridgehead atoms. The predicted octanol–water partition coefficient (Wildman–Crippen LogP) is 1.30. The lowest BCUT2D eigenvalue weighted by Gasteiger charge is -2.05. The van der Waals surface area contributed by atoms with Crippen LogP contribution in [0, 0.1) is 26.2 Å². The fraction of sp³-hybridized carbons (Fsp3) is 0.643. The summed E-state index contributed by atoms with van der Waals surface area (Å²) in [6.45, 7) is 7.57. The van der Waals surface area contributed by atoms with E-state index in [0.29, 0.717) is 0 Å². The smallest absolute Gasteiger partial charge is 0.0628 e. The Morgan fingerprint density at radius 1 is 1.39 bits per heavy atom. The van der Waals surface area contributed by atoms with Crippen LogP contribution in [-0.4, -0.2) is 36.6 Å². The second kappa shape index (κ2) is 7.91.